The van der Waals surface area contributed by atoms with Gasteiger partial charge in [-0.15, -0.1) is 0 Å². The Morgan fingerprint density at radius 1 is 1.39 bits per heavy atom. The highest BCUT2D eigenvalue weighted by molar-refractivity contribution is 6.05. The summed E-state index contributed by atoms with van der Waals surface area (Å²) < 4.78 is 0. The Balaban J connectivity index is 2.53. The number of carbonyl (C=O) groups is 4. The minimum atomic E-state index is -0.754. The summed E-state index contributed by atoms with van der Waals surface area (Å²) in [7, 11) is 2.77. The summed E-state index contributed by atoms with van der Waals surface area (Å²) in [5, 5.41) is 7.03. The van der Waals surface area contributed by atoms with Crippen LogP contribution >= 0.6 is 0 Å². The van der Waals surface area contributed by atoms with Gasteiger partial charge in [0.25, 0.3) is 0 Å². The maximum atomic E-state index is 11.6. The molecule has 0 aliphatic carbocycles. The topological polar surface area (TPSA) is 108 Å². The van der Waals surface area contributed by atoms with E-state index in [1.165, 1.54) is 21.0 Å². The van der Waals surface area contributed by atoms with Gasteiger partial charge in [-0.1, -0.05) is 0 Å². The van der Waals surface area contributed by atoms with Crippen LogP contribution in [0.2, 0.25) is 0 Å². The van der Waals surface area contributed by atoms with Crippen LogP contribution in [0.5, 0.6) is 0 Å². The van der Waals surface area contributed by atoms with Crippen molar-refractivity contribution in [3.63, 3.8) is 0 Å². The third-order valence-electron chi connectivity index (χ3n) is 2.69. The molecule has 1 aliphatic rings. The van der Waals surface area contributed by atoms with Crippen LogP contribution in [0.1, 0.15) is 13.3 Å². The lowest BCUT2D eigenvalue weighted by molar-refractivity contribution is -0.137. The molecule has 1 fully saturated rings. The number of imide groups is 2. The summed E-state index contributed by atoms with van der Waals surface area (Å²) in [5.74, 6) is -1.24. The molecule has 0 bridgehead atoms. The molecular formula is C10H16N4O4. The van der Waals surface area contributed by atoms with Crippen molar-refractivity contribution in [1.82, 2.24) is 20.9 Å². The van der Waals surface area contributed by atoms with Crippen LogP contribution in [-0.4, -0.2) is 54.8 Å². The number of amides is 5. The van der Waals surface area contributed by atoms with E-state index in [4.69, 9.17) is 0 Å². The Labute approximate surface area is 104 Å². The third-order valence-corrected chi connectivity index (χ3v) is 2.69. The Morgan fingerprint density at radius 2 is 2.00 bits per heavy atom. The molecule has 8 heteroatoms. The molecule has 0 spiro atoms. The fraction of sp³-hybridized carbons (Fsp3) is 0.600. The number of hydrogen-bond acceptors (Lipinski definition) is 5. The lowest BCUT2D eigenvalue weighted by Gasteiger charge is -2.16. The number of urea groups is 1. The van der Waals surface area contributed by atoms with Gasteiger partial charge < -0.3 is 5.32 Å². The fourth-order valence-corrected chi connectivity index (χ4v) is 1.55. The summed E-state index contributed by atoms with van der Waals surface area (Å²) in [6.45, 7) is 1.51. The van der Waals surface area contributed by atoms with E-state index in [0.29, 0.717) is 0 Å². The lowest BCUT2D eigenvalue weighted by atomic mass is 10.2. The molecule has 2 atom stereocenters. The molecule has 0 aromatic rings. The molecule has 3 N–H and O–H groups in total. The summed E-state index contributed by atoms with van der Waals surface area (Å²) in [5.41, 5.74) is 0. The van der Waals surface area contributed by atoms with Crippen molar-refractivity contribution in [2.45, 2.75) is 25.4 Å². The molecule has 2 unspecified atom stereocenters. The molecule has 8 nitrogen and oxygen atoms in total. The van der Waals surface area contributed by atoms with Crippen LogP contribution in [-0.2, 0) is 14.4 Å². The van der Waals surface area contributed by atoms with Crippen LogP contribution < -0.4 is 16.0 Å². The Morgan fingerprint density at radius 3 is 2.44 bits per heavy atom. The van der Waals surface area contributed by atoms with E-state index in [1.54, 1.807) is 0 Å². The average Bonchev–Trinajstić information content (AvgIpc) is 2.56. The summed E-state index contributed by atoms with van der Waals surface area (Å²) >= 11 is 0. The van der Waals surface area contributed by atoms with Gasteiger partial charge in [-0.3, -0.25) is 29.9 Å². The van der Waals surface area contributed by atoms with Gasteiger partial charge in [0.1, 0.15) is 0 Å². The number of nitrogens with zero attached hydrogens (tertiary/aromatic N) is 1. The summed E-state index contributed by atoms with van der Waals surface area (Å²) in [6, 6.07) is -2.09. The monoisotopic (exact) mass is 256 g/mol. The van der Waals surface area contributed by atoms with Crippen LogP contribution in [0.4, 0.5) is 4.79 Å². The van der Waals surface area contributed by atoms with Crippen molar-refractivity contribution in [2.24, 2.45) is 0 Å². The van der Waals surface area contributed by atoms with Crippen molar-refractivity contribution in [3.05, 3.63) is 0 Å². The molecule has 0 aromatic heterocycles. The first-order chi connectivity index (χ1) is 8.36. The molecule has 5 amide bonds. The van der Waals surface area contributed by atoms with Crippen LogP contribution in [0, 0.1) is 0 Å². The second-order valence-corrected chi connectivity index (χ2v) is 4.00. The molecular weight excluding hydrogens is 240 g/mol. The normalized spacial score (nSPS) is 20.8. The van der Waals surface area contributed by atoms with Gasteiger partial charge in [-0.05, 0) is 6.92 Å². The largest absolute Gasteiger partial charge is 0.341 e. The SMILES string of the molecule is CNC(=O)NC(=O)C(C)NC1CC(=O)N(C)C1=O. The van der Waals surface area contributed by atoms with Gasteiger partial charge in [0.2, 0.25) is 17.7 Å². The van der Waals surface area contributed by atoms with E-state index < -0.39 is 24.0 Å². The van der Waals surface area contributed by atoms with Crippen LogP contribution in [0.25, 0.3) is 0 Å². The van der Waals surface area contributed by atoms with Gasteiger partial charge >= 0.3 is 6.03 Å². The predicted octanol–water partition coefficient (Wildman–Crippen LogP) is -1.82. The Bertz CT molecular complexity index is 395. The average molecular weight is 256 g/mol. The van der Waals surface area contributed by atoms with E-state index in [1.807, 2.05) is 0 Å². The molecule has 1 rings (SSSR count). The molecule has 100 valence electrons. The van der Waals surface area contributed by atoms with Crippen molar-refractivity contribution in [1.29, 1.82) is 0 Å². The minimum Gasteiger partial charge on any atom is -0.341 e. The zero-order valence-corrected chi connectivity index (χ0v) is 10.4. The molecule has 0 aromatic carbocycles. The number of rotatable bonds is 3. The van der Waals surface area contributed by atoms with Crippen molar-refractivity contribution in [3.8, 4) is 0 Å². The first-order valence-electron chi connectivity index (χ1n) is 5.45. The first-order valence-corrected chi connectivity index (χ1v) is 5.45. The minimum absolute atomic E-state index is 0.0208. The van der Waals surface area contributed by atoms with E-state index in [-0.39, 0.29) is 18.2 Å². The number of hydrogen-bond donors (Lipinski definition) is 3. The third kappa shape index (κ3) is 3.04. The van der Waals surface area contributed by atoms with Gasteiger partial charge in [-0.2, -0.15) is 0 Å². The number of nitrogens with one attached hydrogen (secondary N) is 3. The molecule has 18 heavy (non-hydrogen) atoms. The Kier molecular flexibility index (Phi) is 4.38. The molecule has 1 saturated heterocycles. The van der Waals surface area contributed by atoms with E-state index in [9.17, 15) is 19.2 Å². The first kappa shape index (κ1) is 14.1. The van der Waals surface area contributed by atoms with Crippen LogP contribution in [0.3, 0.4) is 0 Å². The van der Waals surface area contributed by atoms with Crippen molar-refractivity contribution < 1.29 is 19.2 Å². The number of carbonyl (C=O) groups excluding carboxylic acids is 4. The highest BCUT2D eigenvalue weighted by atomic mass is 16.2. The maximum absolute atomic E-state index is 11.6. The quantitative estimate of drug-likeness (QED) is 0.515. The van der Waals surface area contributed by atoms with Crippen molar-refractivity contribution in [2.75, 3.05) is 14.1 Å². The maximum Gasteiger partial charge on any atom is 0.321 e. The van der Waals surface area contributed by atoms with Gasteiger partial charge in [-0.25, -0.2) is 4.79 Å². The predicted molar refractivity (Wildman–Crippen MR) is 61.4 cm³/mol. The van der Waals surface area contributed by atoms with Gasteiger partial charge in [0.05, 0.1) is 18.5 Å². The number of likely N-dealkylation sites (tertiary alicyclic amines) is 1. The zero-order valence-electron chi connectivity index (χ0n) is 10.4. The second-order valence-electron chi connectivity index (χ2n) is 4.00. The summed E-state index contributed by atoms with van der Waals surface area (Å²) in [4.78, 5) is 46.3. The zero-order chi connectivity index (χ0) is 13.9. The Hall–Kier alpha value is -1.96. The second kappa shape index (κ2) is 5.58. The lowest BCUT2D eigenvalue weighted by Crippen LogP contribution is -2.51. The van der Waals surface area contributed by atoms with Crippen LogP contribution in [0.15, 0.2) is 0 Å². The van der Waals surface area contributed by atoms with Gasteiger partial charge in [0, 0.05) is 14.1 Å². The standard InChI is InChI=1S/C10H16N4O4/c1-5(8(16)13-10(18)11-2)12-6-4-7(15)14(3)9(6)17/h5-6,12H,4H2,1-3H3,(H2,11,13,16,18). The van der Waals surface area contributed by atoms with E-state index in [0.717, 1.165) is 4.90 Å². The number of likely N-dealkylation sites (N-methyl/N-ethyl adjacent to an activating group) is 1. The highest BCUT2D eigenvalue weighted by Gasteiger charge is 2.37. The van der Waals surface area contributed by atoms with Crippen molar-refractivity contribution >= 4 is 23.8 Å². The van der Waals surface area contributed by atoms with Gasteiger partial charge in [0.15, 0.2) is 0 Å². The highest BCUT2D eigenvalue weighted by Crippen LogP contribution is 2.11. The molecule has 1 heterocycles. The fourth-order valence-electron chi connectivity index (χ4n) is 1.55. The van der Waals surface area contributed by atoms with E-state index >= 15 is 0 Å². The summed E-state index contributed by atoms with van der Waals surface area (Å²) in [6.07, 6.45) is 0.0208. The molecule has 0 saturated carbocycles. The molecule has 1 aliphatic heterocycles. The van der Waals surface area contributed by atoms with E-state index in [2.05, 4.69) is 16.0 Å². The smallest absolute Gasteiger partial charge is 0.321 e. The molecule has 0 radical (unpaired) electrons.